The molecule has 0 unspecified atom stereocenters. The van der Waals surface area contributed by atoms with Crippen molar-refractivity contribution in [2.24, 2.45) is 0 Å². The van der Waals surface area contributed by atoms with Crippen molar-refractivity contribution in [2.75, 3.05) is 0 Å². The molecule has 3 N–H and O–H groups in total. The lowest BCUT2D eigenvalue weighted by atomic mass is 9.93. The van der Waals surface area contributed by atoms with Crippen LogP contribution in [0.25, 0.3) is 0 Å². The minimum absolute atomic E-state index is 0.158. The molecule has 1 aliphatic rings. The summed E-state index contributed by atoms with van der Waals surface area (Å²) in [5.74, 6) is 0.229. The van der Waals surface area contributed by atoms with Gasteiger partial charge in [0.05, 0.1) is 15.0 Å². The van der Waals surface area contributed by atoms with E-state index in [1.165, 1.54) is 0 Å². The van der Waals surface area contributed by atoms with Crippen molar-refractivity contribution in [3.63, 3.8) is 0 Å². The Morgan fingerprint density at radius 3 is 2.50 bits per heavy atom. The van der Waals surface area contributed by atoms with Gasteiger partial charge < -0.3 is 15.5 Å². The molecule has 1 aromatic carbocycles. The Hall–Kier alpha value is -0.100. The molecule has 100 valence electrons. The van der Waals surface area contributed by atoms with Crippen molar-refractivity contribution in [2.45, 2.75) is 44.4 Å². The second-order valence-electron chi connectivity index (χ2n) is 4.81. The molecule has 2 rings (SSSR count). The van der Waals surface area contributed by atoms with Crippen molar-refractivity contribution in [3.8, 4) is 5.75 Å². The van der Waals surface area contributed by atoms with E-state index in [9.17, 15) is 10.2 Å². The summed E-state index contributed by atoms with van der Waals surface area (Å²) in [4.78, 5) is 0. The van der Waals surface area contributed by atoms with E-state index in [0.29, 0.717) is 15.0 Å². The Morgan fingerprint density at radius 1 is 1.22 bits per heavy atom. The van der Waals surface area contributed by atoms with Crippen LogP contribution in [0, 0.1) is 0 Å². The van der Waals surface area contributed by atoms with Gasteiger partial charge in [-0.2, -0.15) is 0 Å². The normalized spacial score (nSPS) is 24.2. The average Bonchev–Trinajstić information content (AvgIpc) is 2.33. The van der Waals surface area contributed by atoms with E-state index < -0.39 is 0 Å². The second-order valence-corrected chi connectivity index (χ2v) is 6.51. The summed E-state index contributed by atoms with van der Waals surface area (Å²) < 4.78 is 1.38. The van der Waals surface area contributed by atoms with Crippen molar-refractivity contribution in [3.05, 3.63) is 26.6 Å². The van der Waals surface area contributed by atoms with Gasteiger partial charge in [0.1, 0.15) is 5.75 Å². The first kappa shape index (κ1) is 14.3. The van der Waals surface area contributed by atoms with Crippen molar-refractivity contribution >= 4 is 31.9 Å². The van der Waals surface area contributed by atoms with Gasteiger partial charge in [-0.3, -0.25) is 0 Å². The summed E-state index contributed by atoms with van der Waals surface area (Å²) in [6.07, 6.45) is 3.81. The highest BCUT2D eigenvalue weighted by atomic mass is 79.9. The first-order valence-corrected chi connectivity index (χ1v) is 7.73. The minimum Gasteiger partial charge on any atom is -0.506 e. The third-order valence-corrected chi connectivity index (χ3v) is 4.53. The zero-order valence-corrected chi connectivity index (χ0v) is 13.2. The number of nitrogens with one attached hydrogen (secondary N) is 1. The molecular weight excluding hydrogens is 362 g/mol. The maximum Gasteiger partial charge on any atom is 0.143 e. The highest BCUT2D eigenvalue weighted by Gasteiger charge is 2.19. The molecule has 0 saturated heterocycles. The predicted molar refractivity (Wildman–Crippen MR) is 78.6 cm³/mol. The first-order valence-electron chi connectivity index (χ1n) is 6.14. The number of phenols is 1. The largest absolute Gasteiger partial charge is 0.506 e. The topological polar surface area (TPSA) is 52.5 Å². The summed E-state index contributed by atoms with van der Waals surface area (Å²) in [6.45, 7) is 0.745. The van der Waals surface area contributed by atoms with Gasteiger partial charge in [0, 0.05) is 12.6 Å². The maximum absolute atomic E-state index is 9.64. The molecule has 1 fully saturated rings. The molecule has 5 heteroatoms. The van der Waals surface area contributed by atoms with Crippen molar-refractivity contribution in [1.29, 1.82) is 0 Å². The average molecular weight is 379 g/mol. The fourth-order valence-electron chi connectivity index (χ4n) is 2.33. The van der Waals surface area contributed by atoms with Gasteiger partial charge in [0.15, 0.2) is 0 Å². The molecular formula is C13H17Br2NO2. The number of aliphatic hydroxyl groups is 1. The van der Waals surface area contributed by atoms with Crippen LogP contribution in [0.1, 0.15) is 31.2 Å². The van der Waals surface area contributed by atoms with Crippen molar-refractivity contribution < 1.29 is 10.2 Å². The van der Waals surface area contributed by atoms with Crippen LogP contribution >= 0.6 is 31.9 Å². The second kappa shape index (κ2) is 6.37. The Morgan fingerprint density at radius 2 is 1.89 bits per heavy atom. The zero-order chi connectivity index (χ0) is 13.1. The summed E-state index contributed by atoms with van der Waals surface area (Å²) in [6, 6.07) is 4.21. The monoisotopic (exact) mass is 377 g/mol. The minimum atomic E-state index is -0.158. The Bertz CT molecular complexity index is 402. The van der Waals surface area contributed by atoms with Crippen LogP contribution in [-0.4, -0.2) is 22.4 Å². The third kappa shape index (κ3) is 3.70. The molecule has 1 saturated carbocycles. The number of halogens is 2. The highest BCUT2D eigenvalue weighted by Crippen LogP contribution is 2.33. The highest BCUT2D eigenvalue weighted by molar-refractivity contribution is 9.11. The fraction of sp³-hybridized carbons (Fsp3) is 0.538. The standard InChI is InChI=1S/C13H17Br2NO2/c14-11-4-8(5-12(15)13(11)18)7-16-9-2-1-3-10(17)6-9/h4-5,9-10,16-18H,1-3,6-7H2/t9-,10-/m0/s1. The van der Waals surface area contributed by atoms with Crippen LogP contribution in [0.4, 0.5) is 0 Å². The summed E-state index contributed by atoms with van der Waals surface area (Å²) >= 11 is 6.65. The first-order chi connectivity index (χ1) is 8.56. The van der Waals surface area contributed by atoms with Crippen LogP contribution in [0.2, 0.25) is 0 Å². The van der Waals surface area contributed by atoms with Gasteiger partial charge in [0.2, 0.25) is 0 Å². The Balaban J connectivity index is 1.94. The molecule has 0 aliphatic heterocycles. The molecule has 0 radical (unpaired) electrons. The fourth-order valence-corrected chi connectivity index (χ4v) is 3.61. The van der Waals surface area contributed by atoms with Gasteiger partial charge in [-0.05, 0) is 75.2 Å². The molecule has 0 spiro atoms. The van der Waals surface area contributed by atoms with E-state index in [-0.39, 0.29) is 11.9 Å². The van der Waals surface area contributed by atoms with E-state index in [1.54, 1.807) is 0 Å². The lowest BCUT2D eigenvalue weighted by Gasteiger charge is -2.26. The van der Waals surface area contributed by atoms with Gasteiger partial charge in [0.25, 0.3) is 0 Å². The van der Waals surface area contributed by atoms with E-state index in [0.717, 1.165) is 37.8 Å². The van der Waals surface area contributed by atoms with E-state index in [1.807, 2.05) is 12.1 Å². The number of hydrogen-bond donors (Lipinski definition) is 3. The van der Waals surface area contributed by atoms with Crippen LogP contribution in [0.15, 0.2) is 21.1 Å². The molecule has 1 aliphatic carbocycles. The molecule has 0 bridgehead atoms. The molecule has 2 atom stereocenters. The number of aliphatic hydroxyl groups excluding tert-OH is 1. The van der Waals surface area contributed by atoms with Crippen LogP contribution in [-0.2, 0) is 6.54 Å². The lowest BCUT2D eigenvalue weighted by Crippen LogP contribution is -2.35. The van der Waals surface area contributed by atoms with E-state index in [2.05, 4.69) is 37.2 Å². The maximum atomic E-state index is 9.64. The lowest BCUT2D eigenvalue weighted by molar-refractivity contribution is 0.111. The summed E-state index contributed by atoms with van der Waals surface area (Å²) in [7, 11) is 0. The predicted octanol–water partition coefficient (Wildman–Crippen LogP) is 3.31. The van der Waals surface area contributed by atoms with Crippen molar-refractivity contribution in [1.82, 2.24) is 5.32 Å². The number of phenolic OH excluding ortho intramolecular Hbond substituents is 1. The number of benzene rings is 1. The molecule has 18 heavy (non-hydrogen) atoms. The van der Waals surface area contributed by atoms with Gasteiger partial charge in [-0.15, -0.1) is 0 Å². The Labute approximate surface area is 124 Å². The van der Waals surface area contributed by atoms with Gasteiger partial charge >= 0.3 is 0 Å². The quantitative estimate of drug-likeness (QED) is 0.756. The molecule has 3 nitrogen and oxygen atoms in total. The summed E-state index contributed by atoms with van der Waals surface area (Å²) in [5.41, 5.74) is 1.10. The molecule has 0 heterocycles. The number of hydrogen-bond acceptors (Lipinski definition) is 3. The van der Waals surface area contributed by atoms with E-state index in [4.69, 9.17) is 0 Å². The zero-order valence-electron chi connectivity index (χ0n) is 10.00. The van der Waals surface area contributed by atoms with Gasteiger partial charge in [-0.1, -0.05) is 0 Å². The number of rotatable bonds is 3. The van der Waals surface area contributed by atoms with Crippen LogP contribution in [0.3, 0.4) is 0 Å². The van der Waals surface area contributed by atoms with Crippen LogP contribution in [0.5, 0.6) is 5.75 Å². The molecule has 0 amide bonds. The van der Waals surface area contributed by atoms with Crippen LogP contribution < -0.4 is 5.32 Å². The van der Waals surface area contributed by atoms with E-state index >= 15 is 0 Å². The molecule has 0 aromatic heterocycles. The SMILES string of the molecule is Oc1c(Br)cc(CN[C@H]2CCC[C@H](O)C2)cc1Br. The smallest absolute Gasteiger partial charge is 0.143 e. The molecule has 1 aromatic rings. The van der Waals surface area contributed by atoms with Gasteiger partial charge in [-0.25, -0.2) is 0 Å². The number of aromatic hydroxyl groups is 1. The third-order valence-electron chi connectivity index (χ3n) is 3.32. The summed E-state index contributed by atoms with van der Waals surface area (Å²) in [5, 5.41) is 22.7. The Kier molecular flexibility index (Phi) is 5.06.